The van der Waals surface area contributed by atoms with Gasteiger partial charge in [-0.05, 0) is 30.3 Å². The van der Waals surface area contributed by atoms with Crippen LogP contribution in [0.2, 0.25) is 0 Å². The summed E-state index contributed by atoms with van der Waals surface area (Å²) < 4.78 is 10.4. The van der Waals surface area contributed by atoms with Gasteiger partial charge in [0.15, 0.2) is 0 Å². The van der Waals surface area contributed by atoms with Crippen LogP contribution in [-0.2, 0) is 11.2 Å². The third-order valence-electron chi connectivity index (χ3n) is 3.19. The molecule has 0 saturated heterocycles. The number of amides is 2. The van der Waals surface area contributed by atoms with Crippen molar-refractivity contribution in [1.29, 1.82) is 0 Å². The molecule has 0 aliphatic heterocycles. The van der Waals surface area contributed by atoms with Gasteiger partial charge in [0.2, 0.25) is 5.91 Å². The lowest BCUT2D eigenvalue weighted by Gasteiger charge is -2.11. The average Bonchev–Trinajstić information content (AvgIpc) is 2.60. The number of carbonyl (C=O) groups is 2. The molecule has 0 radical (unpaired) electrons. The Morgan fingerprint density at radius 2 is 1.70 bits per heavy atom. The van der Waals surface area contributed by atoms with E-state index >= 15 is 0 Å². The minimum absolute atomic E-state index is 0.0510. The molecule has 0 aromatic heterocycles. The number of methoxy groups -OCH3 is 2. The minimum Gasteiger partial charge on any atom is -0.497 e. The normalized spacial score (nSPS) is 9.83. The fourth-order valence-corrected chi connectivity index (χ4v) is 2.03. The molecule has 2 N–H and O–H groups in total. The maximum atomic E-state index is 12.0. The molecular formula is C17H18N2O4. The van der Waals surface area contributed by atoms with Crippen LogP contribution in [0.5, 0.6) is 11.5 Å². The summed E-state index contributed by atoms with van der Waals surface area (Å²) in [6.07, 6.45) is 0.0510. The largest absolute Gasteiger partial charge is 0.497 e. The van der Waals surface area contributed by atoms with Gasteiger partial charge in [0.25, 0.3) is 5.91 Å². The Bertz CT molecular complexity index is 686. The predicted molar refractivity (Wildman–Crippen MR) is 85.3 cm³/mol. The zero-order valence-electron chi connectivity index (χ0n) is 13.0. The maximum absolute atomic E-state index is 12.0. The van der Waals surface area contributed by atoms with E-state index in [1.807, 2.05) is 6.07 Å². The summed E-state index contributed by atoms with van der Waals surface area (Å²) in [7, 11) is 3.08. The number of hydrogen-bond donors (Lipinski definition) is 2. The van der Waals surface area contributed by atoms with Gasteiger partial charge in [-0.25, -0.2) is 0 Å². The van der Waals surface area contributed by atoms with Crippen molar-refractivity contribution >= 4 is 11.8 Å². The smallest absolute Gasteiger partial charge is 0.269 e. The van der Waals surface area contributed by atoms with E-state index in [-0.39, 0.29) is 18.2 Å². The van der Waals surface area contributed by atoms with Crippen LogP contribution in [-0.4, -0.2) is 26.0 Å². The molecule has 0 spiro atoms. The Kier molecular flexibility index (Phi) is 5.57. The van der Waals surface area contributed by atoms with Crippen molar-refractivity contribution in [3.8, 4) is 11.5 Å². The van der Waals surface area contributed by atoms with E-state index < -0.39 is 0 Å². The second kappa shape index (κ2) is 7.84. The Hall–Kier alpha value is -3.02. The molecule has 6 nitrogen and oxygen atoms in total. The number of ether oxygens (including phenoxy) is 2. The second-order valence-corrected chi connectivity index (χ2v) is 4.72. The summed E-state index contributed by atoms with van der Waals surface area (Å²) in [4.78, 5) is 23.8. The Morgan fingerprint density at radius 1 is 0.957 bits per heavy atom. The lowest BCUT2D eigenvalue weighted by atomic mass is 10.1. The molecule has 0 unspecified atom stereocenters. The van der Waals surface area contributed by atoms with Crippen molar-refractivity contribution < 1.29 is 19.1 Å². The van der Waals surface area contributed by atoms with Crippen molar-refractivity contribution in [2.45, 2.75) is 6.42 Å². The topological polar surface area (TPSA) is 76.7 Å². The van der Waals surface area contributed by atoms with Crippen molar-refractivity contribution in [2.75, 3.05) is 14.2 Å². The van der Waals surface area contributed by atoms with Crippen LogP contribution in [0.4, 0.5) is 0 Å². The lowest BCUT2D eigenvalue weighted by Crippen LogP contribution is -2.42. The first kappa shape index (κ1) is 16.4. The number of hydrazine groups is 1. The van der Waals surface area contributed by atoms with E-state index in [2.05, 4.69) is 10.9 Å². The molecule has 2 aromatic carbocycles. The zero-order valence-corrected chi connectivity index (χ0v) is 13.0. The van der Waals surface area contributed by atoms with Crippen LogP contribution in [0.25, 0.3) is 0 Å². The Morgan fingerprint density at radius 3 is 2.35 bits per heavy atom. The summed E-state index contributed by atoms with van der Waals surface area (Å²) in [5.41, 5.74) is 5.89. The highest BCUT2D eigenvalue weighted by Crippen LogP contribution is 2.24. The highest BCUT2D eigenvalue weighted by molar-refractivity contribution is 5.95. The minimum atomic E-state index is -0.378. The first-order valence-corrected chi connectivity index (χ1v) is 6.99. The summed E-state index contributed by atoms with van der Waals surface area (Å²) in [6, 6.07) is 13.8. The highest BCUT2D eigenvalue weighted by Gasteiger charge is 2.11. The first-order valence-electron chi connectivity index (χ1n) is 6.99. The van der Waals surface area contributed by atoms with Gasteiger partial charge in [0.1, 0.15) is 11.5 Å². The average molecular weight is 314 g/mol. The van der Waals surface area contributed by atoms with Crippen molar-refractivity contribution in [1.82, 2.24) is 10.9 Å². The number of carbonyl (C=O) groups excluding carboxylic acids is 2. The molecule has 0 aliphatic rings. The van der Waals surface area contributed by atoms with Crippen LogP contribution in [0.15, 0.2) is 48.5 Å². The number of hydrogen-bond acceptors (Lipinski definition) is 4. The summed E-state index contributed by atoms with van der Waals surface area (Å²) in [5.74, 6) is 0.467. The van der Waals surface area contributed by atoms with Crippen LogP contribution in [0.3, 0.4) is 0 Å². The zero-order chi connectivity index (χ0) is 16.7. The standard InChI is InChI=1S/C17H18N2O4/c1-22-14-8-9-15(23-2)13(10-14)11-16(20)18-19-17(21)12-6-4-3-5-7-12/h3-10H,11H2,1-2H3,(H,18,20)(H,19,21). The number of benzene rings is 2. The molecule has 0 fully saturated rings. The molecule has 6 heteroatoms. The fraction of sp³-hybridized carbons (Fsp3) is 0.176. The first-order chi connectivity index (χ1) is 11.1. The van der Waals surface area contributed by atoms with Gasteiger partial charge in [0, 0.05) is 11.1 Å². The van der Waals surface area contributed by atoms with Crippen LogP contribution in [0.1, 0.15) is 15.9 Å². The third-order valence-corrected chi connectivity index (χ3v) is 3.19. The van der Waals surface area contributed by atoms with E-state index in [1.165, 1.54) is 7.11 Å². The highest BCUT2D eigenvalue weighted by atomic mass is 16.5. The molecule has 0 atom stereocenters. The van der Waals surface area contributed by atoms with Gasteiger partial charge in [-0.15, -0.1) is 0 Å². The number of nitrogens with one attached hydrogen (secondary N) is 2. The summed E-state index contributed by atoms with van der Waals surface area (Å²) >= 11 is 0. The van der Waals surface area contributed by atoms with Gasteiger partial charge in [-0.3, -0.25) is 20.4 Å². The summed E-state index contributed by atoms with van der Waals surface area (Å²) in [5, 5.41) is 0. The van der Waals surface area contributed by atoms with Gasteiger partial charge in [0.05, 0.1) is 20.6 Å². The van der Waals surface area contributed by atoms with Gasteiger partial charge >= 0.3 is 0 Å². The summed E-state index contributed by atoms with van der Waals surface area (Å²) in [6.45, 7) is 0. The third kappa shape index (κ3) is 4.47. The van der Waals surface area contributed by atoms with Gasteiger partial charge < -0.3 is 9.47 Å². The maximum Gasteiger partial charge on any atom is 0.269 e. The van der Waals surface area contributed by atoms with Gasteiger partial charge in [-0.2, -0.15) is 0 Å². The van der Waals surface area contributed by atoms with Gasteiger partial charge in [-0.1, -0.05) is 18.2 Å². The molecule has 120 valence electrons. The second-order valence-electron chi connectivity index (χ2n) is 4.72. The molecule has 0 saturated carbocycles. The Labute approximate surface area is 134 Å². The van der Waals surface area contributed by atoms with E-state index in [4.69, 9.17) is 9.47 Å². The molecular weight excluding hydrogens is 296 g/mol. The van der Waals surface area contributed by atoms with E-state index in [0.29, 0.717) is 22.6 Å². The predicted octanol–water partition coefficient (Wildman–Crippen LogP) is 1.71. The quantitative estimate of drug-likeness (QED) is 0.824. The molecule has 23 heavy (non-hydrogen) atoms. The molecule has 2 amide bonds. The fourth-order valence-electron chi connectivity index (χ4n) is 2.03. The monoisotopic (exact) mass is 314 g/mol. The molecule has 2 aromatic rings. The Balaban J connectivity index is 1.96. The van der Waals surface area contributed by atoms with Crippen molar-refractivity contribution in [2.24, 2.45) is 0 Å². The SMILES string of the molecule is COc1ccc(OC)c(CC(=O)NNC(=O)c2ccccc2)c1. The van der Waals surface area contributed by atoms with Crippen LogP contribution >= 0.6 is 0 Å². The van der Waals surface area contributed by atoms with Crippen LogP contribution in [0, 0.1) is 0 Å². The molecule has 0 bridgehead atoms. The van der Waals surface area contributed by atoms with E-state index in [0.717, 1.165) is 0 Å². The number of rotatable bonds is 5. The van der Waals surface area contributed by atoms with Crippen molar-refractivity contribution in [3.05, 3.63) is 59.7 Å². The lowest BCUT2D eigenvalue weighted by molar-refractivity contribution is -0.121. The van der Waals surface area contributed by atoms with Crippen molar-refractivity contribution in [3.63, 3.8) is 0 Å². The van der Waals surface area contributed by atoms with Crippen LogP contribution < -0.4 is 20.3 Å². The van der Waals surface area contributed by atoms with E-state index in [1.54, 1.807) is 49.6 Å². The molecule has 0 heterocycles. The molecule has 0 aliphatic carbocycles. The van der Waals surface area contributed by atoms with E-state index in [9.17, 15) is 9.59 Å². The molecule has 2 rings (SSSR count).